The average molecular weight is 509 g/mol. The lowest BCUT2D eigenvalue weighted by Crippen LogP contribution is -2.02. The zero-order valence-electron chi connectivity index (χ0n) is 20.1. The summed E-state index contributed by atoms with van der Waals surface area (Å²) in [4.78, 5) is 14.5. The van der Waals surface area contributed by atoms with Crippen molar-refractivity contribution in [3.05, 3.63) is 132 Å². The second-order valence-electron chi connectivity index (χ2n) is 8.94. The molecule has 0 saturated carbocycles. The molecule has 38 heavy (non-hydrogen) atoms. The summed E-state index contributed by atoms with van der Waals surface area (Å²) in [5, 5.41) is 2.57. The highest BCUT2D eigenvalue weighted by atomic mass is 35.5. The summed E-state index contributed by atoms with van der Waals surface area (Å²) in [5.74, 6) is 1.82. The van der Waals surface area contributed by atoms with Crippen LogP contribution >= 0.6 is 11.6 Å². The molecule has 178 valence electrons. The molecule has 0 fully saturated rings. The Balaban J connectivity index is 1.42. The first-order valence-electron chi connectivity index (χ1n) is 12.2. The van der Waals surface area contributed by atoms with Crippen molar-refractivity contribution in [2.24, 2.45) is 0 Å². The highest BCUT2D eigenvalue weighted by molar-refractivity contribution is 6.38. The lowest BCUT2D eigenvalue weighted by molar-refractivity contribution is 0.669. The van der Waals surface area contributed by atoms with Gasteiger partial charge in [0.1, 0.15) is 28.9 Å². The summed E-state index contributed by atoms with van der Waals surface area (Å²) in [6, 6.07) is 30.0. The third kappa shape index (κ3) is 3.89. The molecule has 0 atom stereocenters. The van der Waals surface area contributed by atoms with Gasteiger partial charge in [-0.3, -0.25) is 0 Å². The lowest BCUT2D eigenvalue weighted by Gasteiger charge is -2.09. The number of rotatable bonds is 4. The molecule has 0 spiro atoms. The molecule has 1 aliphatic rings. The van der Waals surface area contributed by atoms with Crippen molar-refractivity contribution >= 4 is 39.1 Å². The van der Waals surface area contributed by atoms with E-state index < -0.39 is 0 Å². The maximum absolute atomic E-state index is 6.63. The van der Waals surface area contributed by atoms with Crippen molar-refractivity contribution < 1.29 is 4.42 Å². The van der Waals surface area contributed by atoms with Crippen molar-refractivity contribution in [1.29, 1.82) is 0 Å². The fraction of sp³-hybridized carbons (Fsp3) is 0. The number of fused-ring (bicyclic) bond motifs is 3. The highest BCUT2D eigenvalue weighted by Gasteiger charge is 2.18. The van der Waals surface area contributed by atoms with Crippen molar-refractivity contribution in [2.75, 3.05) is 0 Å². The molecule has 0 bridgehead atoms. The molecule has 1 aliphatic carbocycles. The van der Waals surface area contributed by atoms with Gasteiger partial charge in [-0.25, -0.2) is 4.98 Å². The SMILES string of the molecule is Clc1cccc2oc3cccc(-c4cccc(-c5nc(C6=CC=C[C+]=C6)nc(-c6ccccc6)n5)c4)c3c12. The molecule has 5 heteroatoms. The van der Waals surface area contributed by atoms with Crippen LogP contribution in [0.1, 0.15) is 5.82 Å². The second kappa shape index (κ2) is 9.20. The van der Waals surface area contributed by atoms with Gasteiger partial charge < -0.3 is 4.42 Å². The van der Waals surface area contributed by atoms with Crippen LogP contribution in [0.5, 0.6) is 0 Å². The summed E-state index contributed by atoms with van der Waals surface area (Å²) in [5.41, 5.74) is 6.32. The molecule has 7 rings (SSSR count). The number of furan rings is 1. The summed E-state index contributed by atoms with van der Waals surface area (Å²) in [6.45, 7) is 0. The largest absolute Gasteiger partial charge is 0.456 e. The zero-order chi connectivity index (χ0) is 25.5. The molecule has 2 aromatic heterocycles. The second-order valence-corrected chi connectivity index (χ2v) is 9.35. The molecule has 6 aromatic rings. The Morgan fingerprint density at radius 1 is 0.632 bits per heavy atom. The van der Waals surface area contributed by atoms with Gasteiger partial charge in [-0.05, 0) is 35.4 Å². The first kappa shape index (κ1) is 22.3. The number of allylic oxidation sites excluding steroid dienone is 6. The Morgan fingerprint density at radius 3 is 2.13 bits per heavy atom. The van der Waals surface area contributed by atoms with Crippen molar-refractivity contribution in [2.45, 2.75) is 0 Å². The van der Waals surface area contributed by atoms with Crippen LogP contribution in [0.25, 0.3) is 61.4 Å². The smallest absolute Gasteiger partial charge is 0.223 e. The van der Waals surface area contributed by atoms with Gasteiger partial charge in [-0.2, -0.15) is 9.97 Å². The summed E-state index contributed by atoms with van der Waals surface area (Å²) >= 11 is 6.63. The van der Waals surface area contributed by atoms with E-state index in [0.29, 0.717) is 22.5 Å². The van der Waals surface area contributed by atoms with Crippen molar-refractivity contribution in [1.82, 2.24) is 15.0 Å². The third-order valence-electron chi connectivity index (χ3n) is 6.54. The molecular weight excluding hydrogens is 490 g/mol. The molecule has 2 heterocycles. The zero-order valence-corrected chi connectivity index (χ0v) is 20.9. The van der Waals surface area contributed by atoms with E-state index in [1.807, 2.05) is 97.1 Å². The molecule has 0 N–H and O–H groups in total. The summed E-state index contributed by atoms with van der Waals surface area (Å²) in [6.07, 6.45) is 10.8. The van der Waals surface area contributed by atoms with Gasteiger partial charge in [-0.1, -0.05) is 78.3 Å². The fourth-order valence-corrected chi connectivity index (χ4v) is 5.03. The minimum absolute atomic E-state index is 0.599. The standard InChI is InChI=1S/C33H19ClN3O/c34-26-17-9-19-28-30(26)29-25(16-8-18-27(29)38-28)23-14-7-15-24(20-23)33-36-31(21-10-3-1-4-11-21)35-32(37-33)22-12-5-2-6-13-22/h1-5,7-20H/q+1. The van der Waals surface area contributed by atoms with Crippen LogP contribution in [-0.2, 0) is 0 Å². The van der Waals surface area contributed by atoms with E-state index in [1.165, 1.54) is 0 Å². The van der Waals surface area contributed by atoms with Crippen LogP contribution in [0.2, 0.25) is 5.02 Å². The fourth-order valence-electron chi connectivity index (χ4n) is 4.77. The monoisotopic (exact) mass is 508 g/mol. The predicted molar refractivity (Wildman–Crippen MR) is 153 cm³/mol. The summed E-state index contributed by atoms with van der Waals surface area (Å²) in [7, 11) is 0. The number of benzene rings is 4. The Labute approximate surface area is 224 Å². The van der Waals surface area contributed by atoms with Crippen LogP contribution in [0.4, 0.5) is 0 Å². The first-order valence-corrected chi connectivity index (χ1v) is 12.6. The lowest BCUT2D eigenvalue weighted by atomic mass is 9.97. The molecule has 0 amide bonds. The number of hydrogen-bond acceptors (Lipinski definition) is 4. The van der Waals surface area contributed by atoms with Gasteiger partial charge >= 0.3 is 0 Å². The normalized spacial score (nSPS) is 12.6. The summed E-state index contributed by atoms with van der Waals surface area (Å²) < 4.78 is 6.12. The van der Waals surface area contributed by atoms with Crippen LogP contribution in [0.3, 0.4) is 0 Å². The van der Waals surface area contributed by atoms with Gasteiger partial charge in [0.2, 0.25) is 5.82 Å². The van der Waals surface area contributed by atoms with Crippen molar-refractivity contribution in [3.63, 3.8) is 0 Å². The molecule has 4 nitrogen and oxygen atoms in total. The molecule has 4 aromatic carbocycles. The highest BCUT2D eigenvalue weighted by Crippen LogP contribution is 2.40. The van der Waals surface area contributed by atoms with E-state index in [1.54, 1.807) is 0 Å². The molecule has 0 saturated heterocycles. The number of nitrogens with zero attached hydrogens (tertiary/aromatic N) is 3. The van der Waals surface area contributed by atoms with E-state index in [4.69, 9.17) is 31.0 Å². The van der Waals surface area contributed by atoms with E-state index in [0.717, 1.165) is 49.8 Å². The maximum atomic E-state index is 6.63. The van der Waals surface area contributed by atoms with Gasteiger partial charge in [-0.15, -0.1) is 0 Å². The van der Waals surface area contributed by atoms with E-state index in [2.05, 4.69) is 24.3 Å². The number of aromatic nitrogens is 3. The van der Waals surface area contributed by atoms with Crippen LogP contribution in [0, 0.1) is 6.08 Å². The minimum Gasteiger partial charge on any atom is -0.456 e. The third-order valence-corrected chi connectivity index (χ3v) is 6.85. The molecule has 0 unspecified atom stereocenters. The molecule has 0 radical (unpaired) electrons. The molecule has 0 aliphatic heterocycles. The van der Waals surface area contributed by atoms with Crippen LogP contribution in [-0.4, -0.2) is 15.0 Å². The van der Waals surface area contributed by atoms with E-state index >= 15 is 0 Å². The Bertz CT molecular complexity index is 1930. The predicted octanol–water partition coefficient (Wildman–Crippen LogP) is 8.74. The van der Waals surface area contributed by atoms with Crippen LogP contribution in [0.15, 0.2) is 120 Å². The Hall–Kier alpha value is -4.89. The van der Waals surface area contributed by atoms with E-state index in [9.17, 15) is 0 Å². The Kier molecular flexibility index (Phi) is 5.41. The molecular formula is C33H19ClN3O+. The van der Waals surface area contributed by atoms with E-state index in [-0.39, 0.29) is 0 Å². The quantitative estimate of drug-likeness (QED) is 0.223. The minimum atomic E-state index is 0.599. The van der Waals surface area contributed by atoms with Crippen LogP contribution < -0.4 is 0 Å². The number of hydrogen-bond donors (Lipinski definition) is 0. The van der Waals surface area contributed by atoms with Gasteiger partial charge in [0, 0.05) is 34.1 Å². The van der Waals surface area contributed by atoms with Crippen molar-refractivity contribution in [3.8, 4) is 33.9 Å². The topological polar surface area (TPSA) is 51.8 Å². The maximum Gasteiger partial charge on any atom is 0.223 e. The first-order chi connectivity index (χ1) is 18.7. The van der Waals surface area contributed by atoms with Gasteiger partial charge in [0.25, 0.3) is 0 Å². The number of halogens is 1. The Morgan fingerprint density at radius 2 is 1.32 bits per heavy atom. The van der Waals surface area contributed by atoms with Gasteiger partial charge in [0.05, 0.1) is 11.1 Å². The average Bonchev–Trinajstić information content (AvgIpc) is 3.38. The van der Waals surface area contributed by atoms with Gasteiger partial charge in [0.15, 0.2) is 11.6 Å².